The second kappa shape index (κ2) is 5.75. The van der Waals surface area contributed by atoms with Crippen molar-refractivity contribution in [1.82, 2.24) is 4.72 Å². The second-order valence-corrected chi connectivity index (χ2v) is 6.13. The van der Waals surface area contributed by atoms with Crippen LogP contribution in [0.4, 0.5) is 8.78 Å². The summed E-state index contributed by atoms with van der Waals surface area (Å²) >= 11 is 0. The van der Waals surface area contributed by atoms with Crippen LogP contribution < -0.4 is 9.46 Å². The third-order valence-electron chi connectivity index (χ3n) is 1.91. The van der Waals surface area contributed by atoms with Crippen molar-refractivity contribution in [3.05, 3.63) is 23.8 Å². The zero-order chi connectivity index (χ0) is 13.9. The lowest BCUT2D eigenvalue weighted by molar-refractivity contribution is -0.0517. The molecule has 102 valence electrons. The summed E-state index contributed by atoms with van der Waals surface area (Å²) in [5.41, 5.74) is 0.375. The predicted octanol–water partition coefficient (Wildman–Crippen LogP) is 3.01. The van der Waals surface area contributed by atoms with Crippen LogP contribution in [0.1, 0.15) is 26.3 Å². The Morgan fingerprint density at radius 3 is 2.44 bits per heavy atom. The summed E-state index contributed by atoms with van der Waals surface area (Å²) in [5.74, 6) is -0.0555. The van der Waals surface area contributed by atoms with Gasteiger partial charge in [0.2, 0.25) is 0 Å². The molecule has 0 fully saturated rings. The summed E-state index contributed by atoms with van der Waals surface area (Å²) in [6, 6.07) is 4.68. The molecular formula is C12H17F2NO2S. The topological polar surface area (TPSA) is 38.3 Å². The molecule has 0 amide bonds. The number of nitrogens with one attached hydrogen (secondary N) is 1. The fourth-order valence-electron chi connectivity index (χ4n) is 1.29. The fraction of sp³-hybridized carbons (Fsp3) is 0.500. The van der Waals surface area contributed by atoms with Gasteiger partial charge in [0.1, 0.15) is 16.7 Å². The Morgan fingerprint density at radius 1 is 1.33 bits per heavy atom. The molecule has 1 aromatic rings. The molecule has 0 spiro atoms. The van der Waals surface area contributed by atoms with E-state index in [1.165, 1.54) is 12.1 Å². The molecule has 1 atom stereocenters. The van der Waals surface area contributed by atoms with Crippen molar-refractivity contribution >= 4 is 11.0 Å². The summed E-state index contributed by atoms with van der Waals surface area (Å²) in [5, 5.41) is 0. The summed E-state index contributed by atoms with van der Waals surface area (Å²) in [6.07, 6.45) is 0. The number of rotatable bonds is 4. The van der Waals surface area contributed by atoms with Crippen molar-refractivity contribution in [2.24, 2.45) is 0 Å². The van der Waals surface area contributed by atoms with E-state index in [0.29, 0.717) is 0 Å². The first-order valence-corrected chi connectivity index (χ1v) is 6.59. The van der Waals surface area contributed by atoms with Crippen LogP contribution in [0.5, 0.6) is 5.75 Å². The first-order chi connectivity index (χ1) is 8.19. The lowest BCUT2D eigenvalue weighted by atomic mass is 10.1. The van der Waals surface area contributed by atoms with Crippen molar-refractivity contribution in [2.75, 3.05) is 0 Å². The van der Waals surface area contributed by atoms with Gasteiger partial charge in [-0.15, -0.1) is 0 Å². The van der Waals surface area contributed by atoms with Crippen LogP contribution >= 0.6 is 0 Å². The Morgan fingerprint density at radius 2 is 1.94 bits per heavy atom. The van der Waals surface area contributed by atoms with Crippen molar-refractivity contribution in [1.29, 1.82) is 0 Å². The van der Waals surface area contributed by atoms with Gasteiger partial charge < -0.3 is 4.74 Å². The highest BCUT2D eigenvalue weighted by Crippen LogP contribution is 2.25. The molecule has 0 aromatic heterocycles. The highest BCUT2D eigenvalue weighted by Gasteiger charge is 2.19. The summed E-state index contributed by atoms with van der Waals surface area (Å²) in [6.45, 7) is 4.34. The zero-order valence-electron chi connectivity index (χ0n) is 10.8. The summed E-state index contributed by atoms with van der Waals surface area (Å²) < 4.78 is 43.8. The Kier molecular flexibility index (Phi) is 4.81. The van der Waals surface area contributed by atoms with E-state index in [2.05, 4.69) is 9.46 Å². The molecule has 1 unspecified atom stereocenters. The Labute approximate surface area is 108 Å². The van der Waals surface area contributed by atoms with Crippen LogP contribution in [0, 0.1) is 6.92 Å². The van der Waals surface area contributed by atoms with Crippen LogP contribution in [0.25, 0.3) is 0 Å². The monoisotopic (exact) mass is 277 g/mol. The molecular weight excluding hydrogens is 260 g/mol. The van der Waals surface area contributed by atoms with E-state index in [1.54, 1.807) is 13.0 Å². The predicted molar refractivity (Wildman–Crippen MR) is 67.1 cm³/mol. The molecule has 1 aromatic carbocycles. The maximum atomic E-state index is 12.3. The molecule has 0 radical (unpaired) electrons. The van der Waals surface area contributed by atoms with Gasteiger partial charge in [-0.3, -0.25) is 0 Å². The van der Waals surface area contributed by atoms with Gasteiger partial charge in [-0.1, -0.05) is 6.07 Å². The molecule has 6 heteroatoms. The minimum atomic E-state index is -2.93. The summed E-state index contributed by atoms with van der Waals surface area (Å²) in [4.78, 5) is 0.218. The minimum Gasteiger partial charge on any atom is -0.433 e. The lowest BCUT2D eigenvalue weighted by Gasteiger charge is -2.20. The Balaban J connectivity index is 3.03. The molecule has 3 nitrogen and oxygen atoms in total. The van der Waals surface area contributed by atoms with Gasteiger partial charge in [0.05, 0.1) is 4.90 Å². The number of alkyl halides is 2. The molecule has 1 N–H and O–H groups in total. The molecule has 0 aliphatic carbocycles. The SMILES string of the molecule is Cc1ccc(S(=O)NC(C)(C)C)c(OC(F)F)c1. The van der Waals surface area contributed by atoms with Gasteiger partial charge in [-0.2, -0.15) is 8.78 Å². The first kappa shape index (κ1) is 15.0. The zero-order valence-corrected chi connectivity index (χ0v) is 11.6. The highest BCUT2D eigenvalue weighted by atomic mass is 32.2. The number of aryl methyl sites for hydroxylation is 1. The van der Waals surface area contributed by atoms with Gasteiger partial charge in [0, 0.05) is 5.54 Å². The Bertz CT molecular complexity index is 444. The number of ether oxygens (including phenoxy) is 1. The molecule has 0 saturated carbocycles. The van der Waals surface area contributed by atoms with E-state index in [0.717, 1.165) is 5.56 Å². The van der Waals surface area contributed by atoms with E-state index < -0.39 is 23.1 Å². The smallest absolute Gasteiger partial charge is 0.387 e. The minimum absolute atomic E-state index is 0.0555. The molecule has 0 aliphatic rings. The van der Waals surface area contributed by atoms with E-state index in [4.69, 9.17) is 0 Å². The van der Waals surface area contributed by atoms with Gasteiger partial charge in [-0.05, 0) is 45.4 Å². The van der Waals surface area contributed by atoms with Crippen LogP contribution in [0.3, 0.4) is 0 Å². The highest BCUT2D eigenvalue weighted by molar-refractivity contribution is 7.83. The first-order valence-electron chi connectivity index (χ1n) is 5.44. The number of hydrogen-bond acceptors (Lipinski definition) is 2. The fourth-order valence-corrected chi connectivity index (χ4v) is 2.44. The second-order valence-electron chi connectivity index (χ2n) is 4.95. The van der Waals surface area contributed by atoms with Crippen LogP contribution in [0.15, 0.2) is 23.1 Å². The lowest BCUT2D eigenvalue weighted by Crippen LogP contribution is -2.37. The van der Waals surface area contributed by atoms with E-state index in [1.807, 2.05) is 20.8 Å². The van der Waals surface area contributed by atoms with Gasteiger partial charge in [0.25, 0.3) is 0 Å². The molecule has 18 heavy (non-hydrogen) atoms. The molecule has 0 aliphatic heterocycles. The molecule has 0 heterocycles. The van der Waals surface area contributed by atoms with Crippen molar-refractivity contribution in [3.8, 4) is 5.75 Å². The van der Waals surface area contributed by atoms with E-state index in [-0.39, 0.29) is 10.6 Å². The maximum absolute atomic E-state index is 12.3. The largest absolute Gasteiger partial charge is 0.433 e. The van der Waals surface area contributed by atoms with Gasteiger partial charge in [0.15, 0.2) is 0 Å². The number of hydrogen-bond donors (Lipinski definition) is 1. The number of halogens is 2. The Hall–Kier alpha value is -1.01. The van der Waals surface area contributed by atoms with Crippen LogP contribution in [-0.4, -0.2) is 16.4 Å². The normalized spacial score (nSPS) is 13.7. The van der Waals surface area contributed by atoms with Crippen molar-refractivity contribution in [3.63, 3.8) is 0 Å². The number of benzene rings is 1. The van der Waals surface area contributed by atoms with Gasteiger partial charge >= 0.3 is 6.61 Å². The molecule has 0 bridgehead atoms. The third kappa shape index (κ3) is 4.70. The maximum Gasteiger partial charge on any atom is 0.387 e. The standard InChI is InChI=1S/C12H17F2NO2S/c1-8-5-6-10(9(7-8)17-11(13)14)18(16)15-12(2,3)4/h5-7,11,15H,1-4H3. The van der Waals surface area contributed by atoms with Crippen molar-refractivity contribution < 1.29 is 17.7 Å². The van der Waals surface area contributed by atoms with Crippen LogP contribution in [0.2, 0.25) is 0 Å². The molecule has 1 rings (SSSR count). The summed E-state index contributed by atoms with van der Waals surface area (Å²) in [7, 11) is -1.60. The van der Waals surface area contributed by atoms with E-state index >= 15 is 0 Å². The average molecular weight is 277 g/mol. The van der Waals surface area contributed by atoms with Gasteiger partial charge in [-0.25, -0.2) is 8.93 Å². The quantitative estimate of drug-likeness (QED) is 0.918. The van der Waals surface area contributed by atoms with Crippen LogP contribution in [-0.2, 0) is 11.0 Å². The molecule has 0 saturated heterocycles. The average Bonchev–Trinajstić information content (AvgIpc) is 2.13. The van der Waals surface area contributed by atoms with E-state index in [9.17, 15) is 13.0 Å². The third-order valence-corrected chi connectivity index (χ3v) is 3.45. The van der Waals surface area contributed by atoms with Crippen molar-refractivity contribution in [2.45, 2.75) is 44.7 Å².